The average Bonchev–Trinajstić information content (AvgIpc) is 2.56. The van der Waals surface area contributed by atoms with Crippen LogP contribution < -0.4 is 5.32 Å². The van der Waals surface area contributed by atoms with Crippen LogP contribution in [0, 0.1) is 22.7 Å². The van der Waals surface area contributed by atoms with Crippen molar-refractivity contribution in [3.8, 4) is 23.4 Å². The van der Waals surface area contributed by atoms with Gasteiger partial charge in [-0.05, 0) is 24.3 Å². The Hall–Kier alpha value is -3.22. The van der Waals surface area contributed by atoms with Crippen molar-refractivity contribution in [2.45, 2.75) is 6.10 Å². The highest BCUT2D eigenvalue weighted by Gasteiger charge is 2.08. The van der Waals surface area contributed by atoms with Gasteiger partial charge in [0, 0.05) is 36.0 Å². The van der Waals surface area contributed by atoms with E-state index in [0.717, 1.165) is 11.3 Å². The molecule has 102 valence electrons. The Labute approximate surface area is 121 Å². The van der Waals surface area contributed by atoms with Crippen LogP contribution in [0.25, 0.3) is 11.3 Å². The lowest BCUT2D eigenvalue weighted by atomic mass is 10.1. The molecule has 6 nitrogen and oxygen atoms in total. The van der Waals surface area contributed by atoms with E-state index in [9.17, 15) is 5.11 Å². The molecule has 2 N–H and O–H groups in total. The van der Waals surface area contributed by atoms with Gasteiger partial charge in [-0.1, -0.05) is 0 Å². The van der Waals surface area contributed by atoms with Gasteiger partial charge in [-0.3, -0.25) is 9.97 Å². The van der Waals surface area contributed by atoms with Gasteiger partial charge >= 0.3 is 0 Å². The lowest BCUT2D eigenvalue weighted by Gasteiger charge is -2.05. The van der Waals surface area contributed by atoms with Gasteiger partial charge in [-0.25, -0.2) is 0 Å². The Morgan fingerprint density at radius 3 is 2.67 bits per heavy atom. The van der Waals surface area contributed by atoms with E-state index in [2.05, 4.69) is 15.3 Å². The minimum atomic E-state index is -1.44. The van der Waals surface area contributed by atoms with Crippen molar-refractivity contribution >= 4 is 5.69 Å². The topological polar surface area (TPSA) is 106 Å². The second-order valence-electron chi connectivity index (χ2n) is 4.05. The molecule has 0 spiro atoms. The first-order valence-corrected chi connectivity index (χ1v) is 6.05. The highest BCUT2D eigenvalue weighted by Crippen LogP contribution is 2.19. The van der Waals surface area contributed by atoms with E-state index in [4.69, 9.17) is 10.5 Å². The van der Waals surface area contributed by atoms with Gasteiger partial charge in [0.15, 0.2) is 6.10 Å². The Balaban J connectivity index is 2.22. The first-order valence-electron chi connectivity index (χ1n) is 6.05. The molecule has 2 heterocycles. The van der Waals surface area contributed by atoms with Crippen LogP contribution in [0.1, 0.15) is 0 Å². The van der Waals surface area contributed by atoms with Crippen LogP contribution in [0.5, 0.6) is 0 Å². The summed E-state index contributed by atoms with van der Waals surface area (Å²) in [6, 6.07) is 10.5. The number of nitriles is 2. The zero-order chi connectivity index (χ0) is 15.1. The molecular weight excluding hydrogens is 266 g/mol. The minimum absolute atomic E-state index is 0.0558. The summed E-state index contributed by atoms with van der Waals surface area (Å²) >= 11 is 0. The molecular formula is C15H11N5O. The van der Waals surface area contributed by atoms with Crippen molar-refractivity contribution in [3.05, 3.63) is 54.6 Å². The lowest BCUT2D eigenvalue weighted by Crippen LogP contribution is -2.07. The fourth-order valence-electron chi connectivity index (χ4n) is 1.60. The number of pyridine rings is 2. The van der Waals surface area contributed by atoms with Crippen LogP contribution in [0.15, 0.2) is 54.6 Å². The third-order valence-electron chi connectivity index (χ3n) is 2.68. The summed E-state index contributed by atoms with van der Waals surface area (Å²) in [5.74, 6) is 0. The maximum atomic E-state index is 9.32. The summed E-state index contributed by atoms with van der Waals surface area (Å²) in [6.07, 6.45) is 4.84. The van der Waals surface area contributed by atoms with Crippen molar-refractivity contribution in [3.63, 3.8) is 0 Å². The van der Waals surface area contributed by atoms with E-state index in [1.165, 1.54) is 6.20 Å². The molecule has 1 unspecified atom stereocenters. The highest BCUT2D eigenvalue weighted by atomic mass is 16.3. The summed E-state index contributed by atoms with van der Waals surface area (Å²) in [6.45, 7) is 0. The molecule has 0 aliphatic rings. The predicted molar refractivity (Wildman–Crippen MR) is 76.4 cm³/mol. The second-order valence-corrected chi connectivity index (χ2v) is 4.05. The third kappa shape index (κ3) is 3.63. The highest BCUT2D eigenvalue weighted by molar-refractivity contribution is 5.64. The molecule has 21 heavy (non-hydrogen) atoms. The molecule has 6 heteroatoms. The number of aliphatic hydroxyl groups excluding tert-OH is 1. The average molecular weight is 277 g/mol. The lowest BCUT2D eigenvalue weighted by molar-refractivity contribution is 0.270. The Bertz CT molecular complexity index is 728. The predicted octanol–water partition coefficient (Wildman–Crippen LogP) is 1.85. The summed E-state index contributed by atoms with van der Waals surface area (Å²) in [5, 5.41) is 29.6. The standard InChI is InChI=1S/C15H11N5O/c16-8-12(15(21)9-17)10-20-13-3-6-19-14(7-13)11-1-4-18-5-2-11/h1-7,10,15,21H,(H,19,20)/b12-10-. The molecule has 1 atom stereocenters. The van der Waals surface area contributed by atoms with Crippen LogP contribution in [0.4, 0.5) is 5.69 Å². The van der Waals surface area contributed by atoms with Gasteiger partial charge < -0.3 is 10.4 Å². The summed E-state index contributed by atoms with van der Waals surface area (Å²) in [4.78, 5) is 8.20. The van der Waals surface area contributed by atoms with Crippen LogP contribution >= 0.6 is 0 Å². The molecule has 0 aliphatic carbocycles. The number of anilines is 1. The van der Waals surface area contributed by atoms with E-state index < -0.39 is 6.10 Å². The molecule has 2 rings (SSSR count). The number of aromatic nitrogens is 2. The van der Waals surface area contributed by atoms with Crippen LogP contribution in [0.3, 0.4) is 0 Å². The minimum Gasteiger partial charge on any atom is -0.373 e. The molecule has 0 aromatic carbocycles. The smallest absolute Gasteiger partial charge is 0.177 e. The quantitative estimate of drug-likeness (QED) is 0.652. The van der Waals surface area contributed by atoms with Gasteiger partial charge in [0.25, 0.3) is 0 Å². The third-order valence-corrected chi connectivity index (χ3v) is 2.68. The van der Waals surface area contributed by atoms with Gasteiger partial charge in [0.2, 0.25) is 0 Å². The number of hydrogen-bond donors (Lipinski definition) is 2. The fraction of sp³-hybridized carbons (Fsp3) is 0.0667. The van der Waals surface area contributed by atoms with Crippen molar-refractivity contribution in [1.82, 2.24) is 9.97 Å². The van der Waals surface area contributed by atoms with Gasteiger partial charge in [0.1, 0.15) is 6.07 Å². The van der Waals surface area contributed by atoms with Crippen molar-refractivity contribution < 1.29 is 5.11 Å². The van der Waals surface area contributed by atoms with Crippen molar-refractivity contribution in [2.24, 2.45) is 0 Å². The molecule has 0 saturated carbocycles. The van der Waals surface area contributed by atoms with Gasteiger partial charge in [-0.2, -0.15) is 10.5 Å². The summed E-state index contributed by atoms with van der Waals surface area (Å²) in [5.41, 5.74) is 2.29. The number of aliphatic hydroxyl groups is 1. The Morgan fingerprint density at radius 1 is 1.24 bits per heavy atom. The Kier molecular flexibility index (Phi) is 4.60. The number of hydrogen-bond acceptors (Lipinski definition) is 6. The second kappa shape index (κ2) is 6.80. The van der Waals surface area contributed by atoms with Crippen LogP contribution in [-0.4, -0.2) is 21.2 Å². The maximum absolute atomic E-state index is 9.32. The molecule has 0 aliphatic heterocycles. The zero-order valence-corrected chi connectivity index (χ0v) is 10.9. The molecule has 0 bridgehead atoms. The van der Waals surface area contributed by atoms with E-state index in [0.29, 0.717) is 5.69 Å². The Morgan fingerprint density at radius 2 is 2.00 bits per heavy atom. The summed E-state index contributed by atoms with van der Waals surface area (Å²) in [7, 11) is 0. The monoisotopic (exact) mass is 277 g/mol. The zero-order valence-electron chi connectivity index (χ0n) is 10.9. The number of nitrogens with one attached hydrogen (secondary N) is 1. The first-order chi connectivity index (χ1) is 10.2. The molecule has 2 aromatic rings. The number of rotatable bonds is 4. The fourth-order valence-corrected chi connectivity index (χ4v) is 1.60. The van der Waals surface area contributed by atoms with E-state index in [-0.39, 0.29) is 5.57 Å². The van der Waals surface area contributed by atoms with E-state index >= 15 is 0 Å². The van der Waals surface area contributed by atoms with E-state index in [1.807, 2.05) is 12.1 Å². The normalized spacial score (nSPS) is 12.0. The van der Waals surface area contributed by atoms with E-state index in [1.54, 1.807) is 42.9 Å². The molecule has 2 aromatic heterocycles. The largest absolute Gasteiger partial charge is 0.373 e. The molecule has 0 radical (unpaired) electrons. The summed E-state index contributed by atoms with van der Waals surface area (Å²) < 4.78 is 0. The van der Waals surface area contributed by atoms with Crippen molar-refractivity contribution in [2.75, 3.05) is 5.32 Å². The van der Waals surface area contributed by atoms with Crippen molar-refractivity contribution in [1.29, 1.82) is 10.5 Å². The molecule has 0 amide bonds. The number of nitrogens with zero attached hydrogens (tertiary/aromatic N) is 4. The van der Waals surface area contributed by atoms with Gasteiger partial charge in [0.05, 0.1) is 17.3 Å². The SMILES string of the molecule is N#C/C(=C/Nc1ccnc(-c2ccncc2)c1)C(O)C#N. The molecule has 0 saturated heterocycles. The maximum Gasteiger partial charge on any atom is 0.177 e. The first kappa shape index (κ1) is 14.2. The molecule has 0 fully saturated rings. The van der Waals surface area contributed by atoms with Crippen LogP contribution in [0.2, 0.25) is 0 Å². The van der Waals surface area contributed by atoms with Gasteiger partial charge in [-0.15, -0.1) is 0 Å². The van der Waals surface area contributed by atoms with Crippen LogP contribution in [-0.2, 0) is 0 Å².